The number of Topliss-reactive ketones (excluding diaryl/α,β-unsaturated/α-hetero) is 1. The van der Waals surface area contributed by atoms with Crippen LogP contribution in [0.25, 0.3) is 28.9 Å². The number of ketones is 1. The van der Waals surface area contributed by atoms with E-state index in [4.69, 9.17) is 55.9 Å². The van der Waals surface area contributed by atoms with Crippen molar-refractivity contribution in [2.24, 2.45) is 4.99 Å². The van der Waals surface area contributed by atoms with E-state index >= 15 is 0 Å². The number of esters is 2. The van der Waals surface area contributed by atoms with Crippen molar-refractivity contribution in [3.05, 3.63) is 134 Å². The van der Waals surface area contributed by atoms with Crippen LogP contribution in [0.3, 0.4) is 0 Å². The number of nitrogens with zero attached hydrogens (tertiary/aromatic N) is 3. The third kappa shape index (κ3) is 7.03. The van der Waals surface area contributed by atoms with Crippen molar-refractivity contribution in [2.45, 2.75) is 19.9 Å². The van der Waals surface area contributed by atoms with Gasteiger partial charge in [-0.15, -0.1) is 5.10 Å². The zero-order chi connectivity index (χ0) is 38.1. The highest BCUT2D eigenvalue weighted by atomic mass is 35.5. The summed E-state index contributed by atoms with van der Waals surface area (Å²) in [6.45, 7) is 3.06. The molecule has 3 aromatic heterocycles. The van der Waals surface area contributed by atoms with E-state index in [1.165, 1.54) is 60.7 Å². The summed E-state index contributed by atoms with van der Waals surface area (Å²) in [5.74, 6) is -2.97. The quantitative estimate of drug-likeness (QED) is 0.125. The molecule has 0 spiro atoms. The summed E-state index contributed by atoms with van der Waals surface area (Å²) < 4.78 is 11.5. The molecule has 13 nitrogen and oxygen atoms in total. The second kappa shape index (κ2) is 15.2. The molecule has 1 atom stereocenters. The Morgan fingerprint density at radius 2 is 1.53 bits per heavy atom. The van der Waals surface area contributed by atoms with Crippen molar-refractivity contribution in [2.75, 3.05) is 13.2 Å². The molecule has 0 bridgehead atoms. The van der Waals surface area contributed by atoms with Crippen LogP contribution in [0, 0.1) is 0 Å². The monoisotopic (exact) mass is 795 g/mol. The topological polar surface area (TPSA) is 186 Å². The number of ether oxygens (including phenoxy) is 2. The summed E-state index contributed by atoms with van der Waals surface area (Å²) >= 11 is 24.9. The first-order valence-corrected chi connectivity index (χ1v) is 17.2. The maximum atomic E-state index is 13.7. The number of fused-ring (bicyclic) bond motifs is 2. The average Bonchev–Trinajstić information content (AvgIpc) is 3.61. The van der Waals surface area contributed by atoms with Gasteiger partial charge in [0.1, 0.15) is 11.5 Å². The first-order valence-electron chi connectivity index (χ1n) is 15.7. The molecule has 0 aliphatic carbocycles. The highest BCUT2D eigenvalue weighted by Gasteiger charge is 2.35. The van der Waals surface area contributed by atoms with E-state index in [-0.39, 0.29) is 78.5 Å². The van der Waals surface area contributed by atoms with Gasteiger partial charge in [-0.2, -0.15) is 4.68 Å². The lowest BCUT2D eigenvalue weighted by Gasteiger charge is -2.10. The normalized spacial score (nSPS) is 14.3. The number of benzene rings is 2. The number of halogens is 4. The van der Waals surface area contributed by atoms with Crippen molar-refractivity contribution in [1.29, 1.82) is 0 Å². The predicted octanol–water partition coefficient (Wildman–Crippen LogP) is 5.68. The lowest BCUT2D eigenvalue weighted by Crippen LogP contribution is -2.41. The Labute approximate surface area is 318 Å². The zero-order valence-electron chi connectivity index (χ0n) is 27.5. The van der Waals surface area contributed by atoms with Crippen LogP contribution >= 0.6 is 46.4 Å². The number of aromatic amines is 2. The minimum absolute atomic E-state index is 0.0407. The van der Waals surface area contributed by atoms with Crippen LogP contribution in [-0.2, 0) is 9.47 Å². The number of hydrogen-bond donors (Lipinski definition) is 3. The van der Waals surface area contributed by atoms with Crippen LogP contribution in [-0.4, -0.2) is 55.8 Å². The molecule has 17 heteroatoms. The largest absolute Gasteiger partial charge is 0.493 e. The van der Waals surface area contributed by atoms with E-state index in [9.17, 15) is 29.1 Å². The van der Waals surface area contributed by atoms with Gasteiger partial charge in [0.2, 0.25) is 5.88 Å². The summed E-state index contributed by atoms with van der Waals surface area (Å²) in [6.07, 6.45) is 6.68. The molecule has 1 aliphatic heterocycles. The third-order valence-electron chi connectivity index (χ3n) is 7.94. The molecule has 4 heterocycles. The maximum Gasteiger partial charge on any atom is 0.339 e. The Balaban J connectivity index is 1.43. The Hall–Kier alpha value is -5.47. The number of aromatic nitrogens is 4. The van der Waals surface area contributed by atoms with Crippen molar-refractivity contribution in [1.82, 2.24) is 19.7 Å². The van der Waals surface area contributed by atoms with Crippen molar-refractivity contribution in [3.8, 4) is 11.6 Å². The number of hydrogen-bond acceptors (Lipinski definition) is 10. The van der Waals surface area contributed by atoms with Gasteiger partial charge < -0.3 is 24.5 Å². The number of rotatable bonds is 9. The molecule has 6 rings (SSSR count). The zero-order valence-corrected chi connectivity index (χ0v) is 30.5. The van der Waals surface area contributed by atoms with E-state index in [1.807, 2.05) is 0 Å². The lowest BCUT2D eigenvalue weighted by molar-refractivity contribution is 0.0515. The highest BCUT2D eigenvalue weighted by Crippen LogP contribution is 2.35. The molecule has 0 saturated heterocycles. The second-order valence-electron chi connectivity index (χ2n) is 11.2. The molecule has 0 radical (unpaired) electrons. The van der Waals surface area contributed by atoms with Gasteiger partial charge in [0.05, 0.1) is 56.8 Å². The Morgan fingerprint density at radius 1 is 0.868 bits per heavy atom. The van der Waals surface area contributed by atoms with Gasteiger partial charge in [0.25, 0.3) is 11.1 Å². The molecule has 1 aliphatic rings. The number of carbonyl (C=O) groups excluding carboxylic acids is 3. The highest BCUT2D eigenvalue weighted by molar-refractivity contribution is 6.35. The van der Waals surface area contributed by atoms with Gasteiger partial charge in [0.15, 0.2) is 11.4 Å². The number of H-pyrrole nitrogens is 2. The summed E-state index contributed by atoms with van der Waals surface area (Å²) in [5.41, 5.74) is -2.18. The van der Waals surface area contributed by atoms with E-state index < -0.39 is 40.8 Å². The Bertz CT molecular complexity index is 2680. The fourth-order valence-corrected chi connectivity index (χ4v) is 6.45. The van der Waals surface area contributed by atoms with Gasteiger partial charge in [-0.3, -0.25) is 19.4 Å². The number of pyridine rings is 2. The maximum absolute atomic E-state index is 13.7. The summed E-state index contributed by atoms with van der Waals surface area (Å²) in [6, 6.07) is 7.82. The number of nitrogens with one attached hydrogen (secondary N) is 2. The first-order chi connectivity index (χ1) is 25.4. The molecule has 0 fully saturated rings. The Morgan fingerprint density at radius 3 is 2.23 bits per heavy atom. The summed E-state index contributed by atoms with van der Waals surface area (Å²) in [4.78, 5) is 76.2. The van der Waals surface area contributed by atoms with Crippen LogP contribution in [0.5, 0.6) is 5.88 Å². The minimum Gasteiger partial charge on any atom is -0.493 e. The van der Waals surface area contributed by atoms with Gasteiger partial charge in [0, 0.05) is 20.6 Å². The van der Waals surface area contributed by atoms with Gasteiger partial charge in [-0.25, -0.2) is 9.59 Å². The molecule has 5 aromatic rings. The van der Waals surface area contributed by atoms with Crippen molar-refractivity contribution >= 4 is 87.3 Å². The SMILES string of the molecule is CCOC(=O)c1c2c([nH]c(=O)/c1=C/C=CC=Cc1c(C(=O)OCC)c3c(O)n(-c4cc(Cl)ccc4Cl)nc3[nH]c1=O)=NC(c1cc(Cl)ccc1Cl)C2=O. The van der Waals surface area contributed by atoms with Crippen molar-refractivity contribution < 1.29 is 29.0 Å². The van der Waals surface area contributed by atoms with Crippen LogP contribution in [0.2, 0.25) is 20.1 Å². The first kappa shape index (κ1) is 37.3. The van der Waals surface area contributed by atoms with Crippen LogP contribution in [0.15, 0.2) is 69.2 Å². The average molecular weight is 797 g/mol. The van der Waals surface area contributed by atoms with Crippen LogP contribution in [0.4, 0.5) is 0 Å². The van der Waals surface area contributed by atoms with E-state index in [0.29, 0.717) is 10.0 Å². The van der Waals surface area contributed by atoms with Crippen LogP contribution < -0.4 is 21.8 Å². The molecular formula is C36H25Cl4N5O8. The lowest BCUT2D eigenvalue weighted by atomic mass is 9.97. The second-order valence-corrected chi connectivity index (χ2v) is 12.9. The number of allylic oxidation sites excluding steroid dienone is 3. The summed E-state index contributed by atoms with van der Waals surface area (Å²) in [5, 5.41) is 16.2. The number of carbonyl (C=O) groups is 3. The summed E-state index contributed by atoms with van der Waals surface area (Å²) in [7, 11) is 0. The predicted molar refractivity (Wildman–Crippen MR) is 199 cm³/mol. The fraction of sp³-hybridized carbons (Fsp3) is 0.139. The van der Waals surface area contributed by atoms with E-state index in [2.05, 4.69) is 20.1 Å². The number of aromatic hydroxyl groups is 1. The molecular weight excluding hydrogens is 772 g/mol. The van der Waals surface area contributed by atoms with Gasteiger partial charge in [-0.1, -0.05) is 64.6 Å². The minimum atomic E-state index is -1.17. The molecule has 270 valence electrons. The third-order valence-corrected chi connectivity index (χ3v) is 9.07. The van der Waals surface area contributed by atoms with E-state index in [0.717, 1.165) is 4.68 Å². The molecule has 0 saturated carbocycles. The van der Waals surface area contributed by atoms with E-state index in [1.54, 1.807) is 19.9 Å². The van der Waals surface area contributed by atoms with Crippen molar-refractivity contribution in [3.63, 3.8) is 0 Å². The molecule has 3 N–H and O–H groups in total. The van der Waals surface area contributed by atoms with Crippen LogP contribution in [0.1, 0.15) is 62.1 Å². The fourth-order valence-electron chi connectivity index (χ4n) is 5.68. The smallest absolute Gasteiger partial charge is 0.339 e. The molecule has 1 unspecified atom stereocenters. The molecule has 53 heavy (non-hydrogen) atoms. The molecule has 0 amide bonds. The Kier molecular flexibility index (Phi) is 10.7. The van der Waals surface area contributed by atoms with Gasteiger partial charge in [-0.05, 0) is 62.4 Å². The molecule has 2 aromatic carbocycles. The standard InChI is InChI=1S/C36H25Cl4N5O8/c1-3-52-35(50)24-18(32(47)42-30-26(24)29(46)28(41-30)20-14-16(37)10-12-21(20)39)8-6-5-7-9-19-25(36(51)53-4-2)27-31(43-33(19)48)44-45(34(27)49)23-15-17(38)11-13-22(23)40/h5-15,28,49H,3-4H2,1-2H3,(H,41,42,47)(H,43,44,48)/b6-5?,9-7?,18-8+. The van der Waals surface area contributed by atoms with Gasteiger partial charge >= 0.3 is 11.9 Å².